The second-order valence-corrected chi connectivity index (χ2v) is 13.9. The SMILES string of the molecule is C=Cc1ccc(CC(=O)Nc2ccccc2Oc2ccc(S(=O)(=O)c3ccc(Oc4ccccc4NC(=O)Cc4ccc(C=C)cc4)cc3)cc2)cc1. The van der Waals surface area contributed by atoms with Gasteiger partial charge in [-0.1, -0.05) is 98.1 Å². The lowest BCUT2D eigenvalue weighted by atomic mass is 10.1. The molecule has 0 spiro atoms. The van der Waals surface area contributed by atoms with E-state index in [1.807, 2.05) is 48.5 Å². The van der Waals surface area contributed by atoms with Crippen LogP contribution >= 0.6 is 0 Å². The number of amides is 2. The van der Waals surface area contributed by atoms with Gasteiger partial charge in [0.05, 0.1) is 34.0 Å². The van der Waals surface area contributed by atoms with Crippen molar-refractivity contribution in [3.8, 4) is 23.0 Å². The number of hydrogen-bond acceptors (Lipinski definition) is 6. The van der Waals surface area contributed by atoms with Crippen LogP contribution < -0.4 is 20.1 Å². The Kier molecular flexibility index (Phi) is 11.3. The lowest BCUT2D eigenvalue weighted by Gasteiger charge is -2.13. The largest absolute Gasteiger partial charge is 0.455 e. The van der Waals surface area contributed by atoms with E-state index in [1.54, 1.807) is 84.9 Å². The number of rotatable bonds is 14. The van der Waals surface area contributed by atoms with Gasteiger partial charge < -0.3 is 20.1 Å². The Balaban J connectivity index is 1.08. The highest BCUT2D eigenvalue weighted by atomic mass is 32.2. The van der Waals surface area contributed by atoms with Crippen LogP contribution in [0.25, 0.3) is 12.2 Å². The van der Waals surface area contributed by atoms with Crippen LogP contribution in [0.5, 0.6) is 23.0 Å². The maximum atomic E-state index is 13.5. The van der Waals surface area contributed by atoms with Gasteiger partial charge in [0.15, 0.2) is 11.5 Å². The average Bonchev–Trinajstić information content (AvgIpc) is 3.17. The molecule has 53 heavy (non-hydrogen) atoms. The molecule has 6 aromatic carbocycles. The second kappa shape index (κ2) is 16.5. The normalized spacial score (nSPS) is 10.9. The molecule has 0 aliphatic heterocycles. The molecule has 0 fully saturated rings. The van der Waals surface area contributed by atoms with E-state index >= 15 is 0 Å². The molecule has 0 aliphatic carbocycles. The zero-order valence-corrected chi connectivity index (χ0v) is 29.5. The standard InChI is InChI=1S/C44H36N2O6S/c1-3-31-13-17-33(18-14-31)29-43(47)45-39-9-5-7-11-41(39)51-35-21-25-37(26-22-35)53(49,50)38-27-23-36(24-28-38)52-42-12-8-6-10-40(42)46-44(48)30-34-19-15-32(4-2)16-20-34/h3-28H,1-2,29-30H2,(H,45,47)(H,46,48). The number of hydrogen-bond donors (Lipinski definition) is 2. The fraction of sp³-hybridized carbons (Fsp3) is 0.0455. The van der Waals surface area contributed by atoms with Crippen LogP contribution in [0.4, 0.5) is 11.4 Å². The lowest BCUT2D eigenvalue weighted by Crippen LogP contribution is -2.14. The first-order valence-electron chi connectivity index (χ1n) is 16.7. The number of anilines is 2. The number of ether oxygens (including phenoxy) is 2. The molecule has 0 heterocycles. The molecule has 0 bridgehead atoms. The van der Waals surface area contributed by atoms with Crippen molar-refractivity contribution in [2.75, 3.05) is 10.6 Å². The summed E-state index contributed by atoms with van der Waals surface area (Å²) in [5.74, 6) is 1.20. The highest BCUT2D eigenvalue weighted by Crippen LogP contribution is 2.33. The molecule has 8 nitrogen and oxygen atoms in total. The quantitative estimate of drug-likeness (QED) is 0.116. The van der Waals surface area contributed by atoms with Crippen molar-refractivity contribution in [1.29, 1.82) is 0 Å². The second-order valence-electron chi connectivity index (χ2n) is 12.0. The van der Waals surface area contributed by atoms with Gasteiger partial charge in [-0.2, -0.15) is 0 Å². The summed E-state index contributed by atoms with van der Waals surface area (Å²) < 4.78 is 39.1. The van der Waals surface area contributed by atoms with Crippen molar-refractivity contribution >= 4 is 45.2 Å². The van der Waals surface area contributed by atoms with E-state index in [-0.39, 0.29) is 34.4 Å². The summed E-state index contributed by atoms with van der Waals surface area (Å²) in [4.78, 5) is 25.7. The Morgan fingerprint density at radius 2 is 0.868 bits per heavy atom. The van der Waals surface area contributed by atoms with Gasteiger partial charge in [-0.15, -0.1) is 0 Å². The monoisotopic (exact) mass is 720 g/mol. The van der Waals surface area contributed by atoms with Crippen molar-refractivity contribution in [2.24, 2.45) is 0 Å². The summed E-state index contributed by atoms with van der Waals surface area (Å²) in [6.45, 7) is 7.50. The topological polar surface area (TPSA) is 111 Å². The van der Waals surface area contributed by atoms with Crippen molar-refractivity contribution in [3.63, 3.8) is 0 Å². The van der Waals surface area contributed by atoms with Crippen LogP contribution in [0.3, 0.4) is 0 Å². The van der Waals surface area contributed by atoms with Gasteiger partial charge in [-0.25, -0.2) is 8.42 Å². The summed E-state index contributed by atoms with van der Waals surface area (Å²) in [6.07, 6.45) is 3.85. The zero-order valence-electron chi connectivity index (χ0n) is 28.7. The number of benzene rings is 6. The molecule has 0 aromatic heterocycles. The van der Waals surface area contributed by atoms with Crippen LogP contribution in [0.1, 0.15) is 22.3 Å². The Labute approximate surface area is 309 Å². The Bertz CT molecular complexity index is 2190. The summed E-state index contributed by atoms with van der Waals surface area (Å²) in [5.41, 5.74) is 4.63. The highest BCUT2D eigenvalue weighted by molar-refractivity contribution is 7.91. The third-order valence-electron chi connectivity index (χ3n) is 8.21. The molecule has 0 aliphatic rings. The molecule has 0 radical (unpaired) electrons. The van der Waals surface area contributed by atoms with E-state index in [0.717, 1.165) is 22.3 Å². The number of sulfone groups is 1. The molecule has 0 unspecified atom stereocenters. The molecule has 0 saturated carbocycles. The molecule has 6 rings (SSSR count). The third kappa shape index (κ3) is 9.35. The summed E-state index contributed by atoms with van der Waals surface area (Å²) in [6, 6.07) is 41.3. The highest BCUT2D eigenvalue weighted by Gasteiger charge is 2.19. The molecule has 0 saturated heterocycles. The van der Waals surface area contributed by atoms with E-state index in [4.69, 9.17) is 9.47 Å². The number of carbonyl (C=O) groups excluding carboxylic acids is 2. The van der Waals surface area contributed by atoms with Crippen molar-refractivity contribution in [3.05, 3.63) is 181 Å². The predicted octanol–water partition coefficient (Wildman–Crippen LogP) is 9.75. The van der Waals surface area contributed by atoms with Crippen LogP contribution in [-0.4, -0.2) is 20.2 Å². The van der Waals surface area contributed by atoms with E-state index < -0.39 is 9.84 Å². The Morgan fingerprint density at radius 1 is 0.509 bits per heavy atom. The molecule has 264 valence electrons. The van der Waals surface area contributed by atoms with Crippen LogP contribution in [0.15, 0.2) is 169 Å². The average molecular weight is 721 g/mol. The third-order valence-corrected chi connectivity index (χ3v) is 9.99. The maximum Gasteiger partial charge on any atom is 0.228 e. The maximum absolute atomic E-state index is 13.5. The molecule has 9 heteroatoms. The summed E-state index contributed by atoms with van der Waals surface area (Å²) >= 11 is 0. The van der Waals surface area contributed by atoms with Gasteiger partial charge in [0.1, 0.15) is 11.5 Å². The van der Waals surface area contributed by atoms with Crippen molar-refractivity contribution in [1.82, 2.24) is 0 Å². The Hall–Kier alpha value is -6.71. The van der Waals surface area contributed by atoms with E-state index in [9.17, 15) is 18.0 Å². The van der Waals surface area contributed by atoms with Crippen molar-refractivity contribution in [2.45, 2.75) is 22.6 Å². The van der Waals surface area contributed by atoms with Crippen LogP contribution in [0.2, 0.25) is 0 Å². The first kappa shape index (κ1) is 36.1. The first-order valence-corrected chi connectivity index (χ1v) is 18.2. The minimum Gasteiger partial charge on any atom is -0.455 e. The number of carbonyl (C=O) groups is 2. The summed E-state index contributed by atoms with van der Waals surface area (Å²) in [7, 11) is -3.87. The van der Waals surface area contributed by atoms with Gasteiger partial charge in [-0.05, 0) is 95.1 Å². The zero-order chi connectivity index (χ0) is 37.2. The fourth-order valence-electron chi connectivity index (χ4n) is 5.38. The molecular weight excluding hydrogens is 685 g/mol. The molecular formula is C44H36N2O6S. The Morgan fingerprint density at radius 3 is 1.23 bits per heavy atom. The van der Waals surface area contributed by atoms with Crippen LogP contribution in [-0.2, 0) is 32.3 Å². The molecule has 2 N–H and O–H groups in total. The summed E-state index contributed by atoms with van der Waals surface area (Å²) in [5, 5.41) is 5.79. The van der Waals surface area contributed by atoms with Gasteiger partial charge >= 0.3 is 0 Å². The first-order chi connectivity index (χ1) is 25.7. The minimum absolute atomic E-state index is 0.0785. The fourth-order valence-corrected chi connectivity index (χ4v) is 6.65. The lowest BCUT2D eigenvalue weighted by molar-refractivity contribution is -0.116. The smallest absolute Gasteiger partial charge is 0.228 e. The molecule has 6 aromatic rings. The van der Waals surface area contributed by atoms with Gasteiger partial charge in [-0.3, -0.25) is 9.59 Å². The number of para-hydroxylation sites is 4. The van der Waals surface area contributed by atoms with Crippen LogP contribution in [0, 0.1) is 0 Å². The van der Waals surface area contributed by atoms with Crippen molar-refractivity contribution < 1.29 is 27.5 Å². The van der Waals surface area contributed by atoms with E-state index in [1.165, 1.54) is 24.3 Å². The van der Waals surface area contributed by atoms with Gasteiger partial charge in [0.25, 0.3) is 0 Å². The van der Waals surface area contributed by atoms with Gasteiger partial charge in [0, 0.05) is 0 Å². The van der Waals surface area contributed by atoms with E-state index in [0.29, 0.717) is 34.4 Å². The molecule has 0 atom stereocenters. The number of nitrogens with one attached hydrogen (secondary N) is 2. The van der Waals surface area contributed by atoms with Gasteiger partial charge in [0.2, 0.25) is 21.7 Å². The molecule has 2 amide bonds. The van der Waals surface area contributed by atoms with E-state index in [2.05, 4.69) is 23.8 Å². The minimum atomic E-state index is -3.87. The predicted molar refractivity (Wildman–Crippen MR) is 209 cm³/mol.